The molecule has 7 heteroatoms. The van der Waals surface area contributed by atoms with Crippen LogP contribution in [0.25, 0.3) is 16.7 Å². The normalized spacial score (nSPS) is 16.9. The second-order valence-corrected chi connectivity index (χ2v) is 9.42. The van der Waals surface area contributed by atoms with Crippen LogP contribution in [-0.4, -0.2) is 45.9 Å². The lowest BCUT2D eigenvalue weighted by atomic mass is 9.92. The SMILES string of the molecule is C/N=c1\c(C(=O)N(C)C)cc2c(=O)n3ccccc3nc2n1CC1CCCCCCCCC1. The van der Waals surface area contributed by atoms with E-state index in [1.807, 2.05) is 22.8 Å². The number of carbonyl (C=O) groups is 1. The van der Waals surface area contributed by atoms with Gasteiger partial charge in [0.25, 0.3) is 11.5 Å². The molecule has 3 aromatic heterocycles. The molecule has 33 heavy (non-hydrogen) atoms. The number of hydrogen-bond acceptors (Lipinski definition) is 4. The average molecular weight is 450 g/mol. The van der Waals surface area contributed by atoms with Gasteiger partial charge in [0, 0.05) is 33.9 Å². The van der Waals surface area contributed by atoms with Crippen LogP contribution in [0.4, 0.5) is 0 Å². The van der Waals surface area contributed by atoms with Crippen molar-refractivity contribution in [1.82, 2.24) is 18.9 Å². The van der Waals surface area contributed by atoms with Crippen LogP contribution in [0.5, 0.6) is 0 Å². The highest BCUT2D eigenvalue weighted by Crippen LogP contribution is 2.24. The van der Waals surface area contributed by atoms with Crippen LogP contribution in [0.15, 0.2) is 40.2 Å². The second-order valence-electron chi connectivity index (χ2n) is 9.42. The molecule has 0 radical (unpaired) electrons. The average Bonchev–Trinajstić information content (AvgIpc) is 2.82. The molecule has 0 aliphatic heterocycles. The number of hydrogen-bond donors (Lipinski definition) is 0. The lowest BCUT2D eigenvalue weighted by molar-refractivity contribution is 0.0825. The maximum atomic E-state index is 13.4. The van der Waals surface area contributed by atoms with Crippen molar-refractivity contribution in [2.45, 2.75) is 64.3 Å². The van der Waals surface area contributed by atoms with E-state index in [9.17, 15) is 9.59 Å². The number of amides is 1. The van der Waals surface area contributed by atoms with Gasteiger partial charge >= 0.3 is 0 Å². The first-order valence-corrected chi connectivity index (χ1v) is 12.2. The van der Waals surface area contributed by atoms with Crippen LogP contribution in [0.3, 0.4) is 0 Å². The van der Waals surface area contributed by atoms with Crippen molar-refractivity contribution in [2.24, 2.45) is 10.9 Å². The van der Waals surface area contributed by atoms with E-state index >= 15 is 0 Å². The Morgan fingerprint density at radius 2 is 1.76 bits per heavy atom. The summed E-state index contributed by atoms with van der Waals surface area (Å²) in [4.78, 5) is 37.5. The van der Waals surface area contributed by atoms with Gasteiger partial charge in [-0.3, -0.25) is 19.0 Å². The minimum atomic E-state index is -0.161. The molecule has 4 rings (SSSR count). The summed E-state index contributed by atoms with van der Waals surface area (Å²) in [6.45, 7) is 0.715. The van der Waals surface area contributed by atoms with Crippen LogP contribution >= 0.6 is 0 Å². The number of rotatable bonds is 3. The van der Waals surface area contributed by atoms with Gasteiger partial charge in [0.1, 0.15) is 16.8 Å². The summed E-state index contributed by atoms with van der Waals surface area (Å²) in [6, 6.07) is 7.22. The lowest BCUT2D eigenvalue weighted by Gasteiger charge is -2.23. The molecule has 0 spiro atoms. The zero-order valence-corrected chi connectivity index (χ0v) is 20.1. The first-order chi connectivity index (χ1) is 16.0. The van der Waals surface area contributed by atoms with E-state index in [1.54, 1.807) is 37.8 Å². The summed E-state index contributed by atoms with van der Waals surface area (Å²) in [7, 11) is 5.16. The van der Waals surface area contributed by atoms with Gasteiger partial charge in [-0.2, -0.15) is 0 Å². The lowest BCUT2D eigenvalue weighted by Crippen LogP contribution is -2.36. The van der Waals surface area contributed by atoms with Crippen LogP contribution < -0.4 is 11.0 Å². The molecule has 7 nitrogen and oxygen atoms in total. The van der Waals surface area contributed by atoms with Gasteiger partial charge in [0.05, 0.1) is 10.9 Å². The molecule has 176 valence electrons. The second kappa shape index (κ2) is 10.3. The number of fused-ring (bicyclic) bond motifs is 2. The molecule has 1 aliphatic carbocycles. The first-order valence-electron chi connectivity index (χ1n) is 12.2. The highest BCUT2D eigenvalue weighted by atomic mass is 16.2. The Balaban J connectivity index is 1.93. The van der Waals surface area contributed by atoms with Gasteiger partial charge in [0.15, 0.2) is 0 Å². The Bertz CT molecular complexity index is 1260. The van der Waals surface area contributed by atoms with Crippen LogP contribution in [-0.2, 0) is 6.54 Å². The van der Waals surface area contributed by atoms with Crippen molar-refractivity contribution < 1.29 is 4.79 Å². The Labute approximate surface area is 194 Å². The van der Waals surface area contributed by atoms with Gasteiger partial charge in [-0.25, -0.2) is 4.98 Å². The molecular weight excluding hydrogens is 414 g/mol. The van der Waals surface area contributed by atoms with Crippen molar-refractivity contribution in [3.8, 4) is 0 Å². The van der Waals surface area contributed by atoms with Crippen LogP contribution in [0.2, 0.25) is 0 Å². The predicted molar refractivity (Wildman–Crippen MR) is 132 cm³/mol. The molecule has 0 aromatic carbocycles. The molecule has 1 amide bonds. The van der Waals surface area contributed by atoms with E-state index in [2.05, 4.69) is 4.99 Å². The van der Waals surface area contributed by atoms with E-state index < -0.39 is 0 Å². The molecule has 1 saturated carbocycles. The van der Waals surface area contributed by atoms with Gasteiger partial charge in [0.2, 0.25) is 0 Å². The van der Waals surface area contributed by atoms with Crippen molar-refractivity contribution in [2.75, 3.05) is 21.1 Å². The molecule has 0 saturated heterocycles. The Kier molecular flexibility index (Phi) is 7.26. The predicted octanol–water partition coefficient (Wildman–Crippen LogP) is 4.02. The standard InChI is InChI=1S/C26H35N5O2/c1-27-23-20(25(32)29(2)3)17-21-24(28-22-15-11-12-16-30(22)26(21)33)31(23)18-19-13-9-7-5-4-6-8-10-14-19/h11-12,15-17,19H,4-10,13-14,18H2,1-3H3/b27-23+. The van der Waals surface area contributed by atoms with Crippen molar-refractivity contribution in [1.29, 1.82) is 0 Å². The summed E-state index contributed by atoms with van der Waals surface area (Å²) in [5, 5.41) is 0.455. The van der Waals surface area contributed by atoms with E-state index in [0.717, 1.165) is 12.8 Å². The topological polar surface area (TPSA) is 72.0 Å². The molecule has 0 bridgehead atoms. The first kappa shape index (κ1) is 23.2. The molecule has 0 atom stereocenters. The molecule has 3 aromatic rings. The van der Waals surface area contributed by atoms with Crippen molar-refractivity contribution in [3.63, 3.8) is 0 Å². The summed E-state index contributed by atoms with van der Waals surface area (Å²) < 4.78 is 3.58. The Morgan fingerprint density at radius 3 is 2.39 bits per heavy atom. The smallest absolute Gasteiger partial charge is 0.267 e. The van der Waals surface area contributed by atoms with E-state index in [-0.39, 0.29) is 11.5 Å². The zero-order chi connectivity index (χ0) is 23.4. The van der Waals surface area contributed by atoms with Crippen molar-refractivity contribution in [3.05, 3.63) is 51.9 Å². The van der Waals surface area contributed by atoms with Crippen LogP contribution in [0, 0.1) is 5.92 Å². The van der Waals surface area contributed by atoms with Gasteiger partial charge in [-0.15, -0.1) is 0 Å². The minimum Gasteiger partial charge on any atom is -0.345 e. The fraction of sp³-hybridized carbons (Fsp3) is 0.538. The fourth-order valence-corrected chi connectivity index (χ4v) is 5.03. The van der Waals surface area contributed by atoms with Gasteiger partial charge in [-0.05, 0) is 37.0 Å². The molecule has 1 aliphatic rings. The molecule has 0 unspecified atom stereocenters. The monoisotopic (exact) mass is 449 g/mol. The third-order valence-corrected chi connectivity index (χ3v) is 6.80. The molecule has 3 heterocycles. The fourth-order valence-electron chi connectivity index (χ4n) is 5.03. The van der Waals surface area contributed by atoms with Crippen LogP contribution in [0.1, 0.15) is 68.1 Å². The summed E-state index contributed by atoms with van der Waals surface area (Å²) in [5.74, 6) is 0.312. The maximum Gasteiger partial charge on any atom is 0.267 e. The minimum absolute atomic E-state index is 0.158. The van der Waals surface area contributed by atoms with Crippen molar-refractivity contribution >= 4 is 22.6 Å². The highest BCUT2D eigenvalue weighted by molar-refractivity contribution is 5.96. The van der Waals surface area contributed by atoms with E-state index in [4.69, 9.17) is 4.98 Å². The summed E-state index contributed by atoms with van der Waals surface area (Å²) in [5.41, 5.74) is 2.10. The molecule has 0 N–H and O–H groups in total. The number of carbonyl (C=O) groups excluding carboxylic acids is 1. The number of nitrogens with zero attached hydrogens (tertiary/aromatic N) is 5. The maximum absolute atomic E-state index is 13.4. The van der Waals surface area contributed by atoms with Gasteiger partial charge in [-0.1, -0.05) is 51.0 Å². The number of aromatic nitrogens is 3. The molecular formula is C26H35N5O2. The highest BCUT2D eigenvalue weighted by Gasteiger charge is 2.21. The largest absolute Gasteiger partial charge is 0.345 e. The number of pyridine rings is 2. The van der Waals surface area contributed by atoms with E-state index in [0.29, 0.717) is 40.2 Å². The van der Waals surface area contributed by atoms with E-state index in [1.165, 1.54) is 49.8 Å². The molecule has 1 fully saturated rings. The third-order valence-electron chi connectivity index (χ3n) is 6.80. The quantitative estimate of drug-likeness (QED) is 0.567. The van der Waals surface area contributed by atoms with Gasteiger partial charge < -0.3 is 9.47 Å². The Morgan fingerprint density at radius 1 is 1.09 bits per heavy atom. The summed E-state index contributed by atoms with van der Waals surface area (Å²) >= 11 is 0. The third kappa shape index (κ3) is 4.87. The Hall–Kier alpha value is -2.96. The summed E-state index contributed by atoms with van der Waals surface area (Å²) in [6.07, 6.45) is 13.0. The zero-order valence-electron chi connectivity index (χ0n) is 20.1.